The van der Waals surface area contributed by atoms with Crippen LogP contribution in [0.25, 0.3) is 0 Å². The monoisotopic (exact) mass is 184 g/mol. The number of hydrogen-bond donors (Lipinski definition) is 0. The van der Waals surface area contributed by atoms with Gasteiger partial charge in [-0.2, -0.15) is 0 Å². The molecule has 1 rings (SSSR count). The van der Waals surface area contributed by atoms with Crippen molar-refractivity contribution in [3.8, 4) is 0 Å². The Kier molecular flexibility index (Phi) is 3.48. The van der Waals surface area contributed by atoms with Crippen LogP contribution in [0.2, 0.25) is 0 Å². The molecule has 0 spiro atoms. The Balaban J connectivity index is 2.62. The molecule has 0 bridgehead atoms. The zero-order chi connectivity index (χ0) is 10.0. The molecular weight excluding hydrogens is 164 g/mol. The quantitative estimate of drug-likeness (QED) is 0.673. The van der Waals surface area contributed by atoms with E-state index in [1.807, 2.05) is 0 Å². The molecule has 4 atom stereocenters. The van der Waals surface area contributed by atoms with Crippen LogP contribution in [0.1, 0.15) is 40.5 Å². The highest BCUT2D eigenvalue weighted by atomic mass is 16.5. The third-order valence-corrected chi connectivity index (χ3v) is 3.21. The summed E-state index contributed by atoms with van der Waals surface area (Å²) in [5.41, 5.74) is 0. The first kappa shape index (κ1) is 10.7. The topological polar surface area (TPSA) is 26.3 Å². The SMILES string of the molecule is CC[C@H]1O[C@@H](C)[C@@H](C)[C@H]1CC(C)=O. The van der Waals surface area contributed by atoms with Crippen molar-refractivity contribution in [2.45, 2.75) is 52.7 Å². The molecule has 0 aromatic rings. The highest BCUT2D eigenvalue weighted by molar-refractivity contribution is 5.75. The van der Waals surface area contributed by atoms with E-state index in [0.717, 1.165) is 6.42 Å². The van der Waals surface area contributed by atoms with Gasteiger partial charge in [0.25, 0.3) is 0 Å². The molecule has 1 aliphatic heterocycles. The number of Topliss-reactive ketones (excluding diaryl/α,β-unsaturated/α-hetero) is 1. The molecular formula is C11H20O2. The van der Waals surface area contributed by atoms with E-state index in [-0.39, 0.29) is 5.78 Å². The lowest BCUT2D eigenvalue weighted by Gasteiger charge is -2.18. The molecule has 0 saturated carbocycles. The summed E-state index contributed by atoms with van der Waals surface area (Å²) in [5.74, 6) is 1.25. The van der Waals surface area contributed by atoms with Crippen LogP contribution in [0.5, 0.6) is 0 Å². The van der Waals surface area contributed by atoms with Gasteiger partial charge in [-0.25, -0.2) is 0 Å². The van der Waals surface area contributed by atoms with Gasteiger partial charge in [0.1, 0.15) is 5.78 Å². The summed E-state index contributed by atoms with van der Waals surface area (Å²) in [6.07, 6.45) is 2.32. The summed E-state index contributed by atoms with van der Waals surface area (Å²) >= 11 is 0. The standard InChI is InChI=1S/C11H20O2/c1-5-11-10(6-7(2)12)8(3)9(4)13-11/h8-11H,5-6H2,1-4H3/t8-,9+,10-,11-/m1/s1. The molecule has 0 radical (unpaired) electrons. The lowest BCUT2D eigenvalue weighted by molar-refractivity contribution is -0.118. The number of ether oxygens (including phenoxy) is 1. The van der Waals surface area contributed by atoms with E-state index in [0.29, 0.717) is 30.5 Å². The summed E-state index contributed by atoms with van der Waals surface area (Å²) < 4.78 is 5.78. The minimum absolute atomic E-state index is 0.285. The lowest BCUT2D eigenvalue weighted by Crippen LogP contribution is -2.21. The van der Waals surface area contributed by atoms with Gasteiger partial charge in [0.05, 0.1) is 12.2 Å². The molecule has 0 unspecified atom stereocenters. The second kappa shape index (κ2) is 4.23. The van der Waals surface area contributed by atoms with Crippen molar-refractivity contribution in [2.75, 3.05) is 0 Å². The molecule has 0 aromatic carbocycles. The predicted octanol–water partition coefficient (Wildman–Crippen LogP) is 2.42. The molecule has 1 fully saturated rings. The largest absolute Gasteiger partial charge is 0.375 e. The van der Waals surface area contributed by atoms with Gasteiger partial charge in [-0.15, -0.1) is 0 Å². The highest BCUT2D eigenvalue weighted by Gasteiger charge is 2.38. The van der Waals surface area contributed by atoms with Crippen molar-refractivity contribution in [3.63, 3.8) is 0 Å². The maximum atomic E-state index is 11.1. The highest BCUT2D eigenvalue weighted by Crippen LogP contribution is 2.36. The Hall–Kier alpha value is -0.370. The zero-order valence-electron chi connectivity index (χ0n) is 9.04. The van der Waals surface area contributed by atoms with Gasteiger partial charge >= 0.3 is 0 Å². The van der Waals surface area contributed by atoms with Crippen LogP contribution in [-0.2, 0) is 9.53 Å². The van der Waals surface area contributed by atoms with E-state index in [2.05, 4.69) is 20.8 Å². The summed E-state index contributed by atoms with van der Waals surface area (Å²) in [4.78, 5) is 11.1. The molecule has 76 valence electrons. The minimum Gasteiger partial charge on any atom is -0.375 e. The number of hydrogen-bond acceptors (Lipinski definition) is 2. The average Bonchev–Trinajstić information content (AvgIpc) is 2.31. The second-order valence-corrected chi connectivity index (χ2v) is 4.22. The van der Waals surface area contributed by atoms with Gasteiger partial charge in [-0.05, 0) is 32.1 Å². The van der Waals surface area contributed by atoms with Gasteiger partial charge in [0, 0.05) is 6.42 Å². The molecule has 2 nitrogen and oxygen atoms in total. The van der Waals surface area contributed by atoms with Crippen molar-refractivity contribution in [3.05, 3.63) is 0 Å². The van der Waals surface area contributed by atoms with E-state index in [4.69, 9.17) is 4.74 Å². The molecule has 0 N–H and O–H groups in total. The molecule has 1 saturated heterocycles. The van der Waals surface area contributed by atoms with E-state index in [1.165, 1.54) is 0 Å². The molecule has 1 heterocycles. The Morgan fingerprint density at radius 3 is 2.46 bits per heavy atom. The lowest BCUT2D eigenvalue weighted by atomic mass is 9.84. The summed E-state index contributed by atoms with van der Waals surface area (Å²) in [7, 11) is 0. The van der Waals surface area contributed by atoms with E-state index in [1.54, 1.807) is 6.92 Å². The maximum absolute atomic E-state index is 11.1. The van der Waals surface area contributed by atoms with Crippen LogP contribution in [0.4, 0.5) is 0 Å². The molecule has 13 heavy (non-hydrogen) atoms. The zero-order valence-corrected chi connectivity index (χ0v) is 9.04. The van der Waals surface area contributed by atoms with Crippen molar-refractivity contribution in [1.82, 2.24) is 0 Å². The van der Waals surface area contributed by atoms with Crippen LogP contribution in [0.15, 0.2) is 0 Å². The molecule has 2 heteroatoms. The number of carbonyl (C=O) groups is 1. The molecule has 0 aromatic heterocycles. The van der Waals surface area contributed by atoms with Crippen LogP contribution in [0, 0.1) is 11.8 Å². The van der Waals surface area contributed by atoms with E-state index in [9.17, 15) is 4.79 Å². The average molecular weight is 184 g/mol. The Bertz CT molecular complexity index is 189. The number of carbonyl (C=O) groups excluding carboxylic acids is 1. The van der Waals surface area contributed by atoms with Crippen LogP contribution < -0.4 is 0 Å². The first-order valence-electron chi connectivity index (χ1n) is 5.21. The minimum atomic E-state index is 0.285. The van der Waals surface area contributed by atoms with Gasteiger partial charge in [0.2, 0.25) is 0 Å². The fraction of sp³-hybridized carbons (Fsp3) is 0.909. The number of ketones is 1. The fourth-order valence-corrected chi connectivity index (χ4v) is 2.24. The van der Waals surface area contributed by atoms with Gasteiger partial charge in [-0.1, -0.05) is 13.8 Å². The summed E-state index contributed by atoms with van der Waals surface area (Å²) in [5, 5.41) is 0. The fourth-order valence-electron chi connectivity index (χ4n) is 2.24. The molecule has 0 amide bonds. The Morgan fingerprint density at radius 2 is 2.00 bits per heavy atom. The van der Waals surface area contributed by atoms with Gasteiger partial charge in [0.15, 0.2) is 0 Å². The third kappa shape index (κ3) is 2.31. The van der Waals surface area contributed by atoms with E-state index >= 15 is 0 Å². The molecule has 1 aliphatic rings. The third-order valence-electron chi connectivity index (χ3n) is 3.21. The van der Waals surface area contributed by atoms with Crippen LogP contribution in [0.3, 0.4) is 0 Å². The maximum Gasteiger partial charge on any atom is 0.130 e. The van der Waals surface area contributed by atoms with Crippen molar-refractivity contribution in [2.24, 2.45) is 11.8 Å². The van der Waals surface area contributed by atoms with Crippen molar-refractivity contribution in [1.29, 1.82) is 0 Å². The summed E-state index contributed by atoms with van der Waals surface area (Å²) in [6, 6.07) is 0. The molecule has 0 aliphatic carbocycles. The van der Waals surface area contributed by atoms with E-state index < -0.39 is 0 Å². The van der Waals surface area contributed by atoms with Crippen molar-refractivity contribution >= 4 is 5.78 Å². The normalized spacial score (nSPS) is 39.4. The van der Waals surface area contributed by atoms with Crippen LogP contribution in [-0.4, -0.2) is 18.0 Å². The van der Waals surface area contributed by atoms with Gasteiger partial charge < -0.3 is 9.53 Å². The number of rotatable bonds is 3. The first-order chi connectivity index (χ1) is 6.06. The second-order valence-electron chi connectivity index (χ2n) is 4.22. The van der Waals surface area contributed by atoms with Gasteiger partial charge in [-0.3, -0.25) is 0 Å². The smallest absolute Gasteiger partial charge is 0.130 e. The van der Waals surface area contributed by atoms with Crippen molar-refractivity contribution < 1.29 is 9.53 Å². The van der Waals surface area contributed by atoms with Crippen LogP contribution >= 0.6 is 0 Å². The Labute approximate surface area is 80.7 Å². The summed E-state index contributed by atoms with van der Waals surface area (Å²) in [6.45, 7) is 8.09. The first-order valence-corrected chi connectivity index (χ1v) is 5.21. The predicted molar refractivity (Wildman–Crippen MR) is 52.6 cm³/mol. The Morgan fingerprint density at radius 1 is 1.38 bits per heavy atom.